The molecule has 0 heterocycles. The maximum Gasteiger partial charge on any atom is 0.223 e. The number of aliphatic imine (C=N–C) groups is 1. The van der Waals surface area contributed by atoms with Gasteiger partial charge in [-0.15, -0.1) is 24.0 Å². The Bertz CT molecular complexity index is 357. The normalized spacial score (nSPS) is 15.5. The molecule has 3 N–H and O–H groups in total. The third kappa shape index (κ3) is 8.17. The molecule has 6 nitrogen and oxygen atoms in total. The Morgan fingerprint density at radius 1 is 1.23 bits per heavy atom. The summed E-state index contributed by atoms with van der Waals surface area (Å²) in [5.74, 6) is 1.24. The van der Waals surface area contributed by atoms with Gasteiger partial charge in [0.25, 0.3) is 0 Å². The van der Waals surface area contributed by atoms with Crippen molar-refractivity contribution in [2.45, 2.75) is 45.1 Å². The van der Waals surface area contributed by atoms with Gasteiger partial charge in [0.2, 0.25) is 5.91 Å². The molecule has 0 aromatic carbocycles. The molecule has 0 aromatic rings. The summed E-state index contributed by atoms with van der Waals surface area (Å²) in [6, 6.07) is 0. The zero-order chi connectivity index (χ0) is 15.7. The number of nitrogens with zero attached hydrogens (tertiary/aromatic N) is 1. The Morgan fingerprint density at radius 2 is 1.86 bits per heavy atom. The predicted molar refractivity (Wildman–Crippen MR) is 101 cm³/mol. The summed E-state index contributed by atoms with van der Waals surface area (Å²) < 4.78 is 5.35. The highest BCUT2D eigenvalue weighted by atomic mass is 127. The lowest BCUT2D eigenvalue weighted by Gasteiger charge is -2.25. The predicted octanol–water partition coefficient (Wildman–Crippen LogP) is 1.50. The van der Waals surface area contributed by atoms with Crippen molar-refractivity contribution in [3.05, 3.63) is 0 Å². The first-order valence-corrected chi connectivity index (χ1v) is 7.76. The van der Waals surface area contributed by atoms with Gasteiger partial charge in [0.15, 0.2) is 5.96 Å². The zero-order valence-corrected chi connectivity index (χ0v) is 16.5. The Hall–Kier alpha value is -0.570. The number of carbonyl (C=O) groups is 1. The summed E-state index contributed by atoms with van der Waals surface area (Å²) >= 11 is 0. The summed E-state index contributed by atoms with van der Waals surface area (Å²) in [5.41, 5.74) is -0.228. The highest BCUT2D eigenvalue weighted by molar-refractivity contribution is 14.0. The molecule has 1 aliphatic carbocycles. The smallest absolute Gasteiger partial charge is 0.223 e. The summed E-state index contributed by atoms with van der Waals surface area (Å²) in [6.07, 6.45) is 4.18. The molecule has 0 unspecified atom stereocenters. The Labute approximate surface area is 151 Å². The first kappa shape index (κ1) is 21.4. The van der Waals surface area contributed by atoms with Crippen LogP contribution >= 0.6 is 24.0 Å². The number of rotatable bonds is 8. The molecule has 1 fully saturated rings. The molecule has 0 aliphatic heterocycles. The molecule has 1 amide bonds. The number of carbonyl (C=O) groups excluding carboxylic acids is 1. The molecule has 1 rings (SSSR count). The topological polar surface area (TPSA) is 74.8 Å². The van der Waals surface area contributed by atoms with Crippen LogP contribution < -0.4 is 16.0 Å². The van der Waals surface area contributed by atoms with E-state index in [4.69, 9.17) is 4.74 Å². The lowest BCUT2D eigenvalue weighted by molar-refractivity contribution is -0.127. The van der Waals surface area contributed by atoms with Crippen LogP contribution in [0, 0.1) is 5.92 Å². The molecular formula is C15H31IN4O2. The Kier molecular flexibility index (Phi) is 10.8. The van der Waals surface area contributed by atoms with Gasteiger partial charge in [-0.1, -0.05) is 6.42 Å². The van der Waals surface area contributed by atoms with Crippen LogP contribution in [0.1, 0.15) is 39.5 Å². The van der Waals surface area contributed by atoms with E-state index in [1.807, 2.05) is 13.8 Å². The van der Waals surface area contributed by atoms with Gasteiger partial charge < -0.3 is 20.7 Å². The van der Waals surface area contributed by atoms with Crippen LogP contribution in [0.15, 0.2) is 4.99 Å². The van der Waals surface area contributed by atoms with Crippen molar-refractivity contribution < 1.29 is 9.53 Å². The molecule has 130 valence electrons. The minimum Gasteiger partial charge on any atom is -0.377 e. The molecule has 22 heavy (non-hydrogen) atoms. The molecule has 0 saturated heterocycles. The fourth-order valence-electron chi connectivity index (χ4n) is 1.91. The zero-order valence-electron chi connectivity index (χ0n) is 14.2. The van der Waals surface area contributed by atoms with Crippen molar-refractivity contribution in [1.29, 1.82) is 0 Å². The third-order valence-electron chi connectivity index (χ3n) is 3.88. The van der Waals surface area contributed by atoms with Crippen molar-refractivity contribution in [3.63, 3.8) is 0 Å². The van der Waals surface area contributed by atoms with Gasteiger partial charge in [-0.25, -0.2) is 0 Å². The van der Waals surface area contributed by atoms with Crippen LogP contribution in [0.5, 0.6) is 0 Å². The van der Waals surface area contributed by atoms with Gasteiger partial charge >= 0.3 is 0 Å². The van der Waals surface area contributed by atoms with E-state index in [2.05, 4.69) is 20.9 Å². The molecule has 0 atom stereocenters. The van der Waals surface area contributed by atoms with Gasteiger partial charge in [0.05, 0.1) is 5.60 Å². The fourth-order valence-corrected chi connectivity index (χ4v) is 1.91. The van der Waals surface area contributed by atoms with Gasteiger partial charge in [-0.3, -0.25) is 9.79 Å². The average Bonchev–Trinajstić information content (AvgIpc) is 2.40. The second-order valence-electron chi connectivity index (χ2n) is 6.09. The molecule has 7 heteroatoms. The first-order valence-electron chi connectivity index (χ1n) is 7.76. The molecular weight excluding hydrogens is 395 g/mol. The maximum atomic E-state index is 11.6. The van der Waals surface area contributed by atoms with Crippen molar-refractivity contribution in [3.8, 4) is 0 Å². The Balaban J connectivity index is 0.00000441. The van der Waals surface area contributed by atoms with Crippen molar-refractivity contribution >= 4 is 35.8 Å². The number of methoxy groups -OCH3 is 1. The van der Waals surface area contributed by atoms with E-state index < -0.39 is 0 Å². The SMILES string of the molecule is CN=C(NCCCNC(=O)C1CCC1)NCC(C)(C)OC.I. The van der Waals surface area contributed by atoms with Crippen LogP contribution in [-0.4, -0.2) is 51.3 Å². The number of nitrogens with one attached hydrogen (secondary N) is 3. The molecule has 1 aliphatic rings. The number of hydrogen-bond acceptors (Lipinski definition) is 3. The fraction of sp³-hybridized carbons (Fsp3) is 0.867. The van der Waals surface area contributed by atoms with Crippen molar-refractivity contribution in [2.24, 2.45) is 10.9 Å². The summed E-state index contributed by atoms with van der Waals surface area (Å²) in [5, 5.41) is 9.43. The highest BCUT2D eigenvalue weighted by Crippen LogP contribution is 2.25. The minimum atomic E-state index is -0.228. The van der Waals surface area contributed by atoms with E-state index in [0.29, 0.717) is 13.1 Å². The summed E-state index contributed by atoms with van der Waals surface area (Å²) in [4.78, 5) is 15.8. The number of halogens is 1. The monoisotopic (exact) mass is 426 g/mol. The van der Waals surface area contributed by atoms with Crippen LogP contribution in [0.4, 0.5) is 0 Å². The van der Waals surface area contributed by atoms with Gasteiger partial charge in [0, 0.05) is 39.7 Å². The largest absolute Gasteiger partial charge is 0.377 e. The molecule has 0 aromatic heterocycles. The van der Waals surface area contributed by atoms with Gasteiger partial charge in [-0.05, 0) is 33.1 Å². The van der Waals surface area contributed by atoms with Crippen molar-refractivity contribution in [2.75, 3.05) is 33.8 Å². The van der Waals surface area contributed by atoms with Gasteiger partial charge in [-0.2, -0.15) is 0 Å². The molecule has 1 saturated carbocycles. The summed E-state index contributed by atoms with van der Waals surface area (Å²) in [7, 11) is 3.44. The van der Waals surface area contributed by atoms with E-state index in [-0.39, 0.29) is 41.4 Å². The minimum absolute atomic E-state index is 0. The highest BCUT2D eigenvalue weighted by Gasteiger charge is 2.24. The first-order chi connectivity index (χ1) is 9.98. The standard InChI is InChI=1S/C15H30N4O2.HI/c1-15(2,21-4)11-19-14(16-3)18-10-6-9-17-13(20)12-7-5-8-12;/h12H,5-11H2,1-4H3,(H,17,20)(H2,16,18,19);1H. The Morgan fingerprint density at radius 3 is 2.36 bits per heavy atom. The number of hydrogen-bond donors (Lipinski definition) is 3. The van der Waals surface area contributed by atoms with Crippen molar-refractivity contribution in [1.82, 2.24) is 16.0 Å². The van der Waals surface area contributed by atoms with Crippen LogP contribution in [-0.2, 0) is 9.53 Å². The summed E-state index contributed by atoms with van der Waals surface area (Å²) in [6.45, 7) is 6.20. The van der Waals surface area contributed by atoms with E-state index in [1.165, 1.54) is 6.42 Å². The number of amides is 1. The second kappa shape index (κ2) is 11.0. The van der Waals surface area contributed by atoms with E-state index >= 15 is 0 Å². The van der Waals surface area contributed by atoms with Crippen LogP contribution in [0.3, 0.4) is 0 Å². The average molecular weight is 426 g/mol. The molecule has 0 bridgehead atoms. The van der Waals surface area contributed by atoms with E-state index in [0.717, 1.165) is 31.8 Å². The maximum absolute atomic E-state index is 11.6. The molecule has 0 spiro atoms. The lowest BCUT2D eigenvalue weighted by atomic mass is 9.85. The quantitative estimate of drug-likeness (QED) is 0.238. The van der Waals surface area contributed by atoms with E-state index in [1.54, 1.807) is 14.2 Å². The lowest BCUT2D eigenvalue weighted by Crippen LogP contribution is -2.45. The second-order valence-corrected chi connectivity index (χ2v) is 6.09. The molecule has 0 radical (unpaired) electrons. The van der Waals surface area contributed by atoms with E-state index in [9.17, 15) is 4.79 Å². The third-order valence-corrected chi connectivity index (χ3v) is 3.88. The number of guanidine groups is 1. The number of ether oxygens (including phenoxy) is 1. The van der Waals surface area contributed by atoms with Crippen LogP contribution in [0.25, 0.3) is 0 Å². The van der Waals surface area contributed by atoms with Gasteiger partial charge in [0.1, 0.15) is 0 Å². The van der Waals surface area contributed by atoms with Crippen LogP contribution in [0.2, 0.25) is 0 Å².